The highest BCUT2D eigenvalue weighted by Crippen LogP contribution is 2.25. The van der Waals surface area contributed by atoms with Crippen molar-refractivity contribution in [1.29, 1.82) is 0 Å². The molecule has 0 aliphatic heterocycles. The molecule has 1 aromatic carbocycles. The minimum Gasteiger partial charge on any atom is -0.497 e. The second kappa shape index (κ2) is 6.18. The zero-order chi connectivity index (χ0) is 14.6. The van der Waals surface area contributed by atoms with Gasteiger partial charge in [0.05, 0.1) is 13.7 Å². The van der Waals surface area contributed by atoms with Crippen molar-refractivity contribution >= 4 is 0 Å². The fraction of sp³-hybridized carbons (Fsp3) is 0.500. The maximum atomic E-state index is 13.6. The van der Waals surface area contributed by atoms with Gasteiger partial charge in [-0.15, -0.1) is 0 Å². The van der Waals surface area contributed by atoms with Crippen molar-refractivity contribution in [3.8, 4) is 5.75 Å². The van der Waals surface area contributed by atoms with E-state index in [2.05, 4.69) is 5.32 Å². The quantitative estimate of drug-likeness (QED) is 0.808. The number of hydrogen-bond acceptors (Lipinski definition) is 2. The normalized spacial score (nSPS) is 13.7. The Labute approximate surface area is 107 Å². The molecule has 108 valence electrons. The molecule has 1 N–H and O–H groups in total. The molecule has 0 spiro atoms. The van der Waals surface area contributed by atoms with Gasteiger partial charge in [0.1, 0.15) is 11.6 Å². The van der Waals surface area contributed by atoms with Gasteiger partial charge in [0.25, 0.3) is 0 Å². The lowest BCUT2D eigenvalue weighted by atomic mass is 10.1. The number of halogens is 5. The van der Waals surface area contributed by atoms with Crippen LogP contribution >= 0.6 is 0 Å². The van der Waals surface area contributed by atoms with E-state index in [9.17, 15) is 22.0 Å². The largest absolute Gasteiger partial charge is 0.497 e. The summed E-state index contributed by atoms with van der Waals surface area (Å²) >= 11 is 0. The first-order valence-corrected chi connectivity index (χ1v) is 5.50. The van der Waals surface area contributed by atoms with Gasteiger partial charge < -0.3 is 10.1 Å². The molecule has 0 aliphatic rings. The third kappa shape index (κ3) is 4.05. The molecule has 0 fully saturated rings. The summed E-state index contributed by atoms with van der Waals surface area (Å²) in [5.41, 5.74) is 0.103. The molecular weight excluding hydrogens is 269 g/mol. The molecule has 2 nitrogen and oxygen atoms in total. The summed E-state index contributed by atoms with van der Waals surface area (Å²) in [7, 11) is 1.36. The van der Waals surface area contributed by atoms with Crippen molar-refractivity contribution in [2.24, 2.45) is 0 Å². The first-order chi connectivity index (χ1) is 8.77. The van der Waals surface area contributed by atoms with Gasteiger partial charge in [-0.05, 0) is 13.0 Å². The minimum atomic E-state index is -4.14. The predicted molar refractivity (Wildman–Crippen MR) is 60.3 cm³/mol. The third-order valence-electron chi connectivity index (χ3n) is 2.64. The van der Waals surface area contributed by atoms with Crippen LogP contribution in [0.1, 0.15) is 18.5 Å². The molecular formula is C12H14F5NO. The summed E-state index contributed by atoms with van der Waals surface area (Å²) in [6.07, 6.45) is -3.76. The van der Waals surface area contributed by atoms with Crippen LogP contribution in [-0.2, 0) is 0 Å². The van der Waals surface area contributed by atoms with Crippen molar-refractivity contribution in [2.75, 3.05) is 13.7 Å². The van der Waals surface area contributed by atoms with Gasteiger partial charge in [0, 0.05) is 17.7 Å². The molecule has 0 heterocycles. The van der Waals surface area contributed by atoms with Crippen LogP contribution < -0.4 is 10.1 Å². The molecule has 1 unspecified atom stereocenters. The van der Waals surface area contributed by atoms with Crippen molar-refractivity contribution in [2.45, 2.75) is 25.3 Å². The van der Waals surface area contributed by atoms with Gasteiger partial charge in [0.15, 0.2) is 0 Å². The summed E-state index contributed by atoms with van der Waals surface area (Å²) in [5.74, 6) is -4.51. The topological polar surface area (TPSA) is 21.3 Å². The Kier molecular flexibility index (Phi) is 5.11. The van der Waals surface area contributed by atoms with Gasteiger partial charge in [-0.3, -0.25) is 0 Å². The SMILES string of the molecule is COc1ccc(C(C)NCC(F)(F)C(F)F)c(F)c1. The Morgan fingerprint density at radius 3 is 2.42 bits per heavy atom. The van der Waals surface area contributed by atoms with Crippen molar-refractivity contribution in [3.63, 3.8) is 0 Å². The van der Waals surface area contributed by atoms with Gasteiger partial charge in [0.2, 0.25) is 0 Å². The first-order valence-electron chi connectivity index (χ1n) is 5.50. The molecule has 1 aromatic rings. The van der Waals surface area contributed by atoms with Crippen LogP contribution in [0.4, 0.5) is 22.0 Å². The van der Waals surface area contributed by atoms with Crippen molar-refractivity contribution in [3.05, 3.63) is 29.6 Å². The van der Waals surface area contributed by atoms with Crippen LogP contribution in [0.25, 0.3) is 0 Å². The highest BCUT2D eigenvalue weighted by molar-refractivity contribution is 5.30. The fourth-order valence-corrected chi connectivity index (χ4v) is 1.46. The Hall–Kier alpha value is -1.37. The van der Waals surface area contributed by atoms with E-state index in [4.69, 9.17) is 4.74 Å². The highest BCUT2D eigenvalue weighted by Gasteiger charge is 2.40. The summed E-state index contributed by atoms with van der Waals surface area (Å²) < 4.78 is 67.8. The van der Waals surface area contributed by atoms with Gasteiger partial charge in [-0.25, -0.2) is 13.2 Å². The molecule has 19 heavy (non-hydrogen) atoms. The Balaban J connectivity index is 2.71. The fourth-order valence-electron chi connectivity index (χ4n) is 1.46. The number of rotatable bonds is 6. The average Bonchev–Trinajstić information content (AvgIpc) is 2.35. The highest BCUT2D eigenvalue weighted by atomic mass is 19.3. The van der Waals surface area contributed by atoms with Crippen LogP contribution in [0.15, 0.2) is 18.2 Å². The van der Waals surface area contributed by atoms with E-state index in [-0.39, 0.29) is 11.3 Å². The lowest BCUT2D eigenvalue weighted by Crippen LogP contribution is -2.39. The molecule has 0 saturated carbocycles. The Morgan fingerprint density at radius 1 is 1.32 bits per heavy atom. The van der Waals surface area contributed by atoms with E-state index < -0.39 is 30.8 Å². The maximum absolute atomic E-state index is 13.6. The average molecular weight is 283 g/mol. The molecule has 7 heteroatoms. The number of alkyl halides is 4. The molecule has 0 aromatic heterocycles. The van der Waals surface area contributed by atoms with Gasteiger partial charge in [-0.1, -0.05) is 6.07 Å². The molecule has 0 bridgehead atoms. The van der Waals surface area contributed by atoms with Crippen LogP contribution in [0.5, 0.6) is 5.75 Å². The number of ether oxygens (including phenoxy) is 1. The van der Waals surface area contributed by atoms with E-state index >= 15 is 0 Å². The van der Waals surface area contributed by atoms with Crippen LogP contribution in [-0.4, -0.2) is 26.0 Å². The van der Waals surface area contributed by atoms with Crippen molar-refractivity contribution in [1.82, 2.24) is 5.32 Å². The van der Waals surface area contributed by atoms with E-state index in [1.165, 1.54) is 26.2 Å². The monoisotopic (exact) mass is 283 g/mol. The summed E-state index contributed by atoms with van der Waals surface area (Å²) in [6, 6.07) is 3.09. The maximum Gasteiger partial charge on any atom is 0.319 e. The lowest BCUT2D eigenvalue weighted by Gasteiger charge is -2.20. The molecule has 0 radical (unpaired) electrons. The lowest BCUT2D eigenvalue weighted by molar-refractivity contribution is -0.126. The second-order valence-corrected chi connectivity index (χ2v) is 4.05. The molecule has 0 amide bonds. The van der Waals surface area contributed by atoms with Crippen LogP contribution in [0, 0.1) is 5.82 Å². The zero-order valence-electron chi connectivity index (χ0n) is 10.4. The molecule has 1 atom stereocenters. The van der Waals surface area contributed by atoms with E-state index in [0.29, 0.717) is 0 Å². The second-order valence-electron chi connectivity index (χ2n) is 4.05. The smallest absolute Gasteiger partial charge is 0.319 e. The number of methoxy groups -OCH3 is 1. The third-order valence-corrected chi connectivity index (χ3v) is 2.64. The van der Waals surface area contributed by atoms with Crippen LogP contribution in [0.3, 0.4) is 0 Å². The van der Waals surface area contributed by atoms with E-state index in [0.717, 1.165) is 6.07 Å². The summed E-state index contributed by atoms with van der Waals surface area (Å²) in [6.45, 7) is 0.184. The number of nitrogens with one attached hydrogen (secondary N) is 1. The molecule has 1 rings (SSSR count). The Bertz CT molecular complexity index is 425. The van der Waals surface area contributed by atoms with E-state index in [1.54, 1.807) is 0 Å². The predicted octanol–water partition coefficient (Wildman–Crippen LogP) is 3.39. The van der Waals surface area contributed by atoms with Gasteiger partial charge >= 0.3 is 12.3 Å². The summed E-state index contributed by atoms with van der Waals surface area (Å²) in [4.78, 5) is 0. The standard InChI is InChI=1S/C12H14F5NO/c1-7(18-6-12(16,17)11(14)15)9-4-3-8(19-2)5-10(9)13/h3-5,7,11,18H,6H2,1-2H3. The summed E-state index contributed by atoms with van der Waals surface area (Å²) in [5, 5.41) is 2.19. The molecule has 0 saturated heterocycles. The molecule has 0 aliphatic carbocycles. The van der Waals surface area contributed by atoms with E-state index in [1.807, 2.05) is 0 Å². The zero-order valence-corrected chi connectivity index (χ0v) is 10.4. The van der Waals surface area contributed by atoms with Gasteiger partial charge in [-0.2, -0.15) is 8.78 Å². The van der Waals surface area contributed by atoms with Crippen LogP contribution in [0.2, 0.25) is 0 Å². The number of benzene rings is 1. The number of hydrogen-bond donors (Lipinski definition) is 1. The minimum absolute atomic E-state index is 0.103. The Morgan fingerprint density at radius 2 is 1.95 bits per heavy atom. The van der Waals surface area contributed by atoms with Crippen molar-refractivity contribution < 1.29 is 26.7 Å². The first kappa shape index (κ1) is 15.7.